The molecule has 3 aromatic rings. The molecule has 8 nitrogen and oxygen atoms in total. The zero-order chi connectivity index (χ0) is 23.8. The molecule has 0 radical (unpaired) electrons. The van der Waals surface area contributed by atoms with Crippen LogP contribution in [0.5, 0.6) is 0 Å². The largest absolute Gasteiger partial charge is 0.319 e. The Kier molecular flexibility index (Phi) is 6.44. The molecule has 2 fully saturated rings. The Bertz CT molecular complexity index is 1200. The van der Waals surface area contributed by atoms with E-state index in [-0.39, 0.29) is 23.3 Å². The first-order chi connectivity index (χ1) is 16.4. The maximum Gasteiger partial charge on any atom is 0.292 e. The molecule has 2 bridgehead atoms. The first kappa shape index (κ1) is 23.0. The van der Waals surface area contributed by atoms with Crippen molar-refractivity contribution in [3.8, 4) is 10.7 Å². The minimum atomic E-state index is -0.508. The maximum atomic E-state index is 13.0. The lowest BCUT2D eigenvalue weighted by Crippen LogP contribution is -2.25. The number of thiophene rings is 1. The summed E-state index contributed by atoms with van der Waals surface area (Å²) in [4.78, 5) is 24.8. The fourth-order valence-electron chi connectivity index (χ4n) is 5.56. The number of carbonyl (C=O) groups is 1. The fourth-order valence-corrected chi connectivity index (χ4v) is 7.20. The molecule has 178 valence electrons. The van der Waals surface area contributed by atoms with Gasteiger partial charge in [-0.25, -0.2) is 0 Å². The summed E-state index contributed by atoms with van der Waals surface area (Å²) in [6, 6.07) is 10.5. The lowest BCUT2D eigenvalue weighted by Gasteiger charge is -2.30. The van der Waals surface area contributed by atoms with E-state index in [2.05, 4.69) is 33.1 Å². The van der Waals surface area contributed by atoms with Crippen molar-refractivity contribution in [2.45, 2.75) is 56.0 Å². The molecular weight excluding hydrogens is 470 g/mol. The Labute approximate surface area is 206 Å². The molecule has 2 saturated carbocycles. The van der Waals surface area contributed by atoms with E-state index in [9.17, 15) is 14.9 Å². The molecule has 2 aromatic heterocycles. The first-order valence-electron chi connectivity index (χ1n) is 11.6. The fraction of sp³-hybridized carbons (Fsp3) is 0.458. The van der Waals surface area contributed by atoms with Crippen LogP contribution in [0.25, 0.3) is 10.7 Å². The highest BCUT2D eigenvalue weighted by Crippen LogP contribution is 2.53. The van der Waals surface area contributed by atoms with Crippen LogP contribution in [0.2, 0.25) is 0 Å². The van der Waals surface area contributed by atoms with Gasteiger partial charge in [-0.05, 0) is 68.4 Å². The van der Waals surface area contributed by atoms with Gasteiger partial charge in [0.25, 0.3) is 5.69 Å². The summed E-state index contributed by atoms with van der Waals surface area (Å²) >= 11 is 2.98. The van der Waals surface area contributed by atoms with Gasteiger partial charge in [0.05, 0.1) is 15.1 Å². The molecule has 1 N–H and O–H groups in total. The van der Waals surface area contributed by atoms with E-state index >= 15 is 0 Å². The molecule has 5 unspecified atom stereocenters. The molecule has 34 heavy (non-hydrogen) atoms. The molecule has 2 aliphatic rings. The van der Waals surface area contributed by atoms with E-state index in [4.69, 9.17) is 0 Å². The van der Waals surface area contributed by atoms with Crippen molar-refractivity contribution < 1.29 is 9.72 Å². The standard InChI is InChI=1S/C24H27N5O3S2/c1-14(18-13-16-9-10-17(18)12-16)28-22(21-8-5-11-33-21)26-27-24(28)34-15(2)23(30)25-19-6-3-4-7-20(19)29(31)32/h3-8,11,14-18H,9-10,12-13H2,1-2H3,(H,25,30). The van der Waals surface area contributed by atoms with Gasteiger partial charge in [-0.15, -0.1) is 21.5 Å². The van der Waals surface area contributed by atoms with Crippen LogP contribution in [0.3, 0.4) is 0 Å². The van der Waals surface area contributed by atoms with Crippen LogP contribution in [0, 0.1) is 27.9 Å². The Balaban J connectivity index is 1.39. The van der Waals surface area contributed by atoms with Crippen LogP contribution in [-0.4, -0.2) is 30.8 Å². The number of hydrogen-bond acceptors (Lipinski definition) is 7. The lowest BCUT2D eigenvalue weighted by atomic mass is 9.84. The van der Waals surface area contributed by atoms with E-state index < -0.39 is 10.2 Å². The SMILES string of the molecule is CC(Sc1nnc(-c2cccs2)n1C(C)C1CC2CCC1C2)C(=O)Nc1ccccc1[N+](=O)[O-]. The lowest BCUT2D eigenvalue weighted by molar-refractivity contribution is -0.383. The van der Waals surface area contributed by atoms with Crippen molar-refractivity contribution in [2.24, 2.45) is 17.8 Å². The third-order valence-corrected chi connectivity index (χ3v) is 9.16. The second-order valence-corrected chi connectivity index (χ2v) is 11.5. The zero-order valence-corrected chi connectivity index (χ0v) is 20.7. The van der Waals surface area contributed by atoms with Crippen molar-refractivity contribution in [1.82, 2.24) is 14.8 Å². The Morgan fingerprint density at radius 3 is 2.71 bits per heavy atom. The summed E-state index contributed by atoms with van der Waals surface area (Å²) < 4.78 is 2.22. The number of fused-ring (bicyclic) bond motifs is 2. The van der Waals surface area contributed by atoms with Gasteiger partial charge in [0.15, 0.2) is 11.0 Å². The van der Waals surface area contributed by atoms with E-state index in [0.29, 0.717) is 11.1 Å². The number of nitrogens with one attached hydrogen (secondary N) is 1. The summed E-state index contributed by atoms with van der Waals surface area (Å²) in [6.45, 7) is 4.05. The van der Waals surface area contributed by atoms with Crippen molar-refractivity contribution in [2.75, 3.05) is 5.32 Å². The highest BCUT2D eigenvalue weighted by Gasteiger charge is 2.43. The van der Waals surface area contributed by atoms with E-state index in [1.807, 2.05) is 11.4 Å². The number of nitro benzene ring substituents is 1. The number of hydrogen-bond donors (Lipinski definition) is 1. The number of thioether (sulfide) groups is 1. The first-order valence-corrected chi connectivity index (χ1v) is 13.4. The number of rotatable bonds is 8. The summed E-state index contributed by atoms with van der Waals surface area (Å²) in [5.41, 5.74) is 0.0714. The van der Waals surface area contributed by atoms with Crippen LogP contribution in [0.4, 0.5) is 11.4 Å². The highest BCUT2D eigenvalue weighted by atomic mass is 32.2. The predicted octanol–water partition coefficient (Wildman–Crippen LogP) is 6.03. The summed E-state index contributed by atoms with van der Waals surface area (Å²) in [6.07, 6.45) is 5.21. The van der Waals surface area contributed by atoms with Gasteiger partial charge < -0.3 is 5.32 Å². The third-order valence-electron chi connectivity index (χ3n) is 7.24. The van der Waals surface area contributed by atoms with Crippen molar-refractivity contribution >= 4 is 40.4 Å². The number of anilines is 1. The predicted molar refractivity (Wildman–Crippen MR) is 134 cm³/mol. The van der Waals surface area contributed by atoms with Crippen molar-refractivity contribution in [3.05, 3.63) is 51.9 Å². The number of nitro groups is 1. The Hall–Kier alpha value is -2.72. The number of amides is 1. The third kappa shape index (κ3) is 4.36. The van der Waals surface area contributed by atoms with Crippen molar-refractivity contribution in [3.63, 3.8) is 0 Å². The topological polar surface area (TPSA) is 103 Å². The molecule has 5 atom stereocenters. The maximum absolute atomic E-state index is 13.0. The average molecular weight is 498 g/mol. The van der Waals surface area contributed by atoms with E-state index in [1.54, 1.807) is 36.5 Å². The smallest absolute Gasteiger partial charge is 0.292 e. The van der Waals surface area contributed by atoms with E-state index in [0.717, 1.165) is 22.5 Å². The molecule has 2 heterocycles. The van der Waals surface area contributed by atoms with Gasteiger partial charge in [-0.2, -0.15) is 0 Å². The number of carbonyl (C=O) groups excluding carboxylic acids is 1. The van der Waals surface area contributed by atoms with Gasteiger partial charge in [-0.3, -0.25) is 19.5 Å². The molecular formula is C24H27N5O3S2. The quantitative estimate of drug-likeness (QED) is 0.231. The van der Waals surface area contributed by atoms with Gasteiger partial charge in [0.2, 0.25) is 5.91 Å². The molecule has 10 heteroatoms. The summed E-state index contributed by atoms with van der Waals surface area (Å²) in [5.74, 6) is 2.71. The van der Waals surface area contributed by atoms with E-state index in [1.165, 1.54) is 43.5 Å². The van der Waals surface area contributed by atoms with Gasteiger partial charge >= 0.3 is 0 Å². The number of nitrogens with zero attached hydrogens (tertiary/aromatic N) is 4. The zero-order valence-electron chi connectivity index (χ0n) is 19.1. The minimum Gasteiger partial charge on any atom is -0.319 e. The van der Waals surface area contributed by atoms with Crippen LogP contribution in [0.1, 0.15) is 45.6 Å². The molecule has 2 aliphatic carbocycles. The number of benzene rings is 1. The second kappa shape index (κ2) is 9.50. The van der Waals surface area contributed by atoms with Crippen LogP contribution in [-0.2, 0) is 4.79 Å². The van der Waals surface area contributed by atoms with Gasteiger partial charge in [-0.1, -0.05) is 36.4 Å². The molecule has 1 aromatic carbocycles. The molecule has 0 saturated heterocycles. The van der Waals surface area contributed by atoms with Crippen LogP contribution >= 0.6 is 23.1 Å². The normalized spacial score (nSPS) is 23.1. The van der Waals surface area contributed by atoms with Crippen LogP contribution < -0.4 is 5.32 Å². The highest BCUT2D eigenvalue weighted by molar-refractivity contribution is 8.00. The molecule has 0 aliphatic heterocycles. The van der Waals surface area contributed by atoms with Crippen molar-refractivity contribution in [1.29, 1.82) is 0 Å². The monoisotopic (exact) mass is 497 g/mol. The molecule has 0 spiro atoms. The molecule has 5 rings (SSSR count). The Morgan fingerprint density at radius 2 is 2.03 bits per heavy atom. The Morgan fingerprint density at radius 1 is 1.21 bits per heavy atom. The second-order valence-electron chi connectivity index (χ2n) is 9.26. The average Bonchev–Trinajstić information content (AvgIpc) is 3.63. The number of para-hydroxylation sites is 2. The van der Waals surface area contributed by atoms with Gasteiger partial charge in [0.1, 0.15) is 5.69 Å². The van der Waals surface area contributed by atoms with Crippen LogP contribution in [0.15, 0.2) is 46.9 Å². The number of aromatic nitrogens is 3. The summed E-state index contributed by atoms with van der Waals surface area (Å²) in [7, 11) is 0. The molecule has 1 amide bonds. The minimum absolute atomic E-state index is 0.124. The summed E-state index contributed by atoms with van der Waals surface area (Å²) in [5, 5.41) is 25.3. The van der Waals surface area contributed by atoms with Gasteiger partial charge in [0, 0.05) is 12.1 Å².